The number of aromatic carboxylic acids is 1. The normalized spacial score (nSPS) is 15.1. The van der Waals surface area contributed by atoms with E-state index in [2.05, 4.69) is 10.2 Å². The summed E-state index contributed by atoms with van der Waals surface area (Å²) in [5.74, 6) is -1.12. The molecule has 1 amide bonds. The molecule has 0 atom stereocenters. The van der Waals surface area contributed by atoms with Gasteiger partial charge in [-0.05, 0) is 43.8 Å². The van der Waals surface area contributed by atoms with Gasteiger partial charge in [-0.1, -0.05) is 12.8 Å². The van der Waals surface area contributed by atoms with Crippen molar-refractivity contribution in [2.45, 2.75) is 32.6 Å². The number of hydrogen-bond donors (Lipinski definition) is 2. The minimum absolute atomic E-state index is 0. The number of carbonyl (C=O) groups excluding carboxylic acids is 1. The number of halogens is 1. The predicted molar refractivity (Wildman–Crippen MR) is 79.6 cm³/mol. The van der Waals surface area contributed by atoms with Crippen LogP contribution in [0.15, 0.2) is 5.38 Å². The molecule has 0 unspecified atom stereocenters. The molecule has 0 bridgehead atoms. The van der Waals surface area contributed by atoms with Crippen LogP contribution in [-0.2, 0) is 4.79 Å². The first-order valence-electron chi connectivity index (χ1n) is 6.91. The fourth-order valence-electron chi connectivity index (χ4n) is 2.43. The van der Waals surface area contributed by atoms with Crippen molar-refractivity contribution >= 4 is 28.9 Å². The molecule has 2 N–H and O–H groups in total. The van der Waals surface area contributed by atoms with Gasteiger partial charge in [-0.3, -0.25) is 9.69 Å². The average Bonchev–Trinajstić information content (AvgIpc) is 2.62. The fourth-order valence-corrected chi connectivity index (χ4v) is 3.28. The van der Waals surface area contributed by atoms with Crippen LogP contribution in [0.4, 0.5) is 5.69 Å². The van der Waals surface area contributed by atoms with Gasteiger partial charge < -0.3 is 22.8 Å². The topological polar surface area (TPSA) is 69.6 Å². The molecule has 1 aromatic rings. The van der Waals surface area contributed by atoms with Crippen molar-refractivity contribution < 1.29 is 56.7 Å². The van der Waals surface area contributed by atoms with Crippen LogP contribution < -0.4 is 47.3 Å². The summed E-state index contributed by atoms with van der Waals surface area (Å²) in [6.07, 6.45) is 4.71. The van der Waals surface area contributed by atoms with Crippen LogP contribution in [0.3, 0.4) is 0 Å². The molecule has 0 spiro atoms. The number of aryl methyl sites for hydroxylation is 1. The fraction of sp³-hybridized carbons (Fsp3) is 0.571. The molecule has 0 radical (unpaired) electrons. The summed E-state index contributed by atoms with van der Waals surface area (Å²) in [5.41, 5.74) is 1.25. The van der Waals surface area contributed by atoms with E-state index in [1.165, 1.54) is 12.8 Å². The Morgan fingerprint density at radius 1 is 1.27 bits per heavy atom. The second-order valence-corrected chi connectivity index (χ2v) is 6.05. The van der Waals surface area contributed by atoms with Crippen LogP contribution in [0, 0.1) is 6.92 Å². The number of carboxylic acids is 1. The van der Waals surface area contributed by atoms with Gasteiger partial charge in [0.25, 0.3) is 0 Å². The molecule has 8 heteroatoms. The van der Waals surface area contributed by atoms with Gasteiger partial charge in [-0.15, -0.1) is 11.3 Å². The number of amides is 1. The van der Waals surface area contributed by atoms with E-state index in [0.717, 1.165) is 42.8 Å². The Kier molecular flexibility index (Phi) is 10.6. The quantitative estimate of drug-likeness (QED) is 0.553. The number of rotatable bonds is 4. The summed E-state index contributed by atoms with van der Waals surface area (Å²) < 4.78 is 0. The van der Waals surface area contributed by atoms with E-state index < -0.39 is 5.97 Å². The molecule has 1 aliphatic heterocycles. The summed E-state index contributed by atoms with van der Waals surface area (Å²) in [4.78, 5) is 25.5. The average molecular weight is 355 g/mol. The van der Waals surface area contributed by atoms with Crippen molar-refractivity contribution in [3.8, 4) is 0 Å². The SMILES string of the molecule is Cc1csc(C(=O)O)c1NC(=O)CN1CCCCCC1.[Cl-].[Na+]. The number of likely N-dealkylation sites (tertiary alicyclic amines) is 1. The molecule has 0 aromatic carbocycles. The number of thiophene rings is 1. The van der Waals surface area contributed by atoms with Gasteiger partial charge in [0.15, 0.2) is 0 Å². The Morgan fingerprint density at radius 2 is 1.86 bits per heavy atom. The standard InChI is InChI=1S/C14H20N2O3S.ClH.Na/c1-10-9-20-13(14(18)19)12(10)15-11(17)8-16-6-4-2-3-5-7-16;;/h9H,2-8H2,1H3,(H,15,17)(H,18,19);1H;/q;;+1/p-1. The predicted octanol–water partition coefficient (Wildman–Crippen LogP) is -3.42. The summed E-state index contributed by atoms with van der Waals surface area (Å²) in [7, 11) is 0. The van der Waals surface area contributed by atoms with Crippen molar-refractivity contribution in [3.63, 3.8) is 0 Å². The molecule has 2 heterocycles. The molecule has 1 aromatic heterocycles. The zero-order valence-corrected chi connectivity index (χ0v) is 16.6. The van der Waals surface area contributed by atoms with Gasteiger partial charge in [0.05, 0.1) is 12.2 Å². The number of carbonyl (C=O) groups is 2. The molecule has 5 nitrogen and oxygen atoms in total. The van der Waals surface area contributed by atoms with E-state index in [-0.39, 0.29) is 52.7 Å². The Labute approximate surface area is 163 Å². The monoisotopic (exact) mass is 354 g/mol. The maximum absolute atomic E-state index is 12.1. The van der Waals surface area contributed by atoms with Gasteiger partial charge >= 0.3 is 35.5 Å². The first kappa shape index (κ1) is 21.9. The van der Waals surface area contributed by atoms with Gasteiger partial charge in [0.2, 0.25) is 5.91 Å². The Morgan fingerprint density at radius 3 is 2.41 bits per heavy atom. The molecule has 118 valence electrons. The van der Waals surface area contributed by atoms with Gasteiger partial charge in [0.1, 0.15) is 4.88 Å². The van der Waals surface area contributed by atoms with E-state index in [1.54, 1.807) is 5.38 Å². The molecule has 0 aliphatic carbocycles. The number of hydrogen-bond acceptors (Lipinski definition) is 4. The maximum atomic E-state index is 12.1. The minimum atomic E-state index is -0.992. The van der Waals surface area contributed by atoms with Crippen LogP contribution in [0.1, 0.15) is 40.9 Å². The van der Waals surface area contributed by atoms with E-state index in [9.17, 15) is 9.59 Å². The number of nitrogens with zero attached hydrogens (tertiary/aromatic N) is 1. The second-order valence-electron chi connectivity index (χ2n) is 5.17. The molecule has 22 heavy (non-hydrogen) atoms. The smallest absolute Gasteiger partial charge is 1.00 e. The molecule has 1 fully saturated rings. The molecular formula is C14H20ClN2NaO3S. The number of nitrogens with one attached hydrogen (secondary N) is 1. The summed E-state index contributed by atoms with van der Waals surface area (Å²) in [6, 6.07) is 0. The van der Waals surface area contributed by atoms with Crippen LogP contribution >= 0.6 is 11.3 Å². The zero-order chi connectivity index (χ0) is 14.5. The second kappa shape index (κ2) is 10.6. The number of anilines is 1. The van der Waals surface area contributed by atoms with Crippen LogP contribution in [0.25, 0.3) is 0 Å². The summed E-state index contributed by atoms with van der Waals surface area (Å²) >= 11 is 1.15. The van der Waals surface area contributed by atoms with Crippen LogP contribution in [-0.4, -0.2) is 41.5 Å². The Balaban J connectivity index is 0.00000220. The maximum Gasteiger partial charge on any atom is 1.00 e. The van der Waals surface area contributed by atoms with E-state index >= 15 is 0 Å². The van der Waals surface area contributed by atoms with E-state index in [0.29, 0.717) is 12.2 Å². The van der Waals surface area contributed by atoms with Crippen LogP contribution in [0.2, 0.25) is 0 Å². The van der Waals surface area contributed by atoms with Crippen molar-refractivity contribution in [3.05, 3.63) is 15.8 Å². The molecule has 0 saturated carbocycles. The summed E-state index contributed by atoms with van der Waals surface area (Å²) in [6.45, 7) is 4.04. The van der Waals surface area contributed by atoms with E-state index in [4.69, 9.17) is 5.11 Å². The third-order valence-corrected chi connectivity index (χ3v) is 4.59. The molecule has 1 saturated heterocycles. The molecule has 1 aliphatic rings. The molecular weight excluding hydrogens is 335 g/mol. The van der Waals surface area contributed by atoms with Crippen molar-refractivity contribution in [1.29, 1.82) is 0 Å². The van der Waals surface area contributed by atoms with E-state index in [1.807, 2.05) is 6.92 Å². The van der Waals surface area contributed by atoms with Gasteiger partial charge in [-0.25, -0.2) is 4.79 Å². The van der Waals surface area contributed by atoms with Gasteiger partial charge in [-0.2, -0.15) is 0 Å². The van der Waals surface area contributed by atoms with Crippen molar-refractivity contribution in [2.75, 3.05) is 25.0 Å². The Bertz CT molecular complexity index is 502. The number of carboxylic acid groups (broad SMARTS) is 1. The van der Waals surface area contributed by atoms with Crippen molar-refractivity contribution in [1.82, 2.24) is 4.90 Å². The van der Waals surface area contributed by atoms with Crippen molar-refractivity contribution in [2.24, 2.45) is 0 Å². The van der Waals surface area contributed by atoms with Gasteiger partial charge in [0, 0.05) is 0 Å². The first-order chi connectivity index (χ1) is 9.58. The third kappa shape index (κ3) is 6.18. The first-order valence-corrected chi connectivity index (χ1v) is 7.79. The largest absolute Gasteiger partial charge is 1.00 e. The zero-order valence-electron chi connectivity index (χ0n) is 13.0. The Hall–Kier alpha value is -0.110. The molecule has 2 rings (SSSR count). The van der Waals surface area contributed by atoms with Crippen LogP contribution in [0.5, 0.6) is 0 Å². The minimum Gasteiger partial charge on any atom is -1.00 e. The summed E-state index contributed by atoms with van der Waals surface area (Å²) in [5, 5.41) is 13.6. The third-order valence-electron chi connectivity index (χ3n) is 3.50.